The van der Waals surface area contributed by atoms with Crippen molar-refractivity contribution in [3.63, 3.8) is 0 Å². The molecule has 0 spiro atoms. The molecular weight excluding hydrogens is 363 g/mol. The third-order valence-electron chi connectivity index (χ3n) is 4.66. The highest BCUT2D eigenvalue weighted by Crippen LogP contribution is 2.31. The summed E-state index contributed by atoms with van der Waals surface area (Å²) in [6.45, 7) is 1.33. The number of hydrogen-bond donors (Lipinski definition) is 0. The van der Waals surface area contributed by atoms with Crippen LogP contribution in [0.15, 0.2) is 43.0 Å². The average molecular weight is 382 g/mol. The number of amides is 1. The lowest BCUT2D eigenvalue weighted by molar-refractivity contribution is -0.132. The van der Waals surface area contributed by atoms with Gasteiger partial charge in [0.15, 0.2) is 0 Å². The number of halogens is 1. The first-order chi connectivity index (χ1) is 13.2. The molecule has 2 aromatic heterocycles. The molecule has 1 aromatic carbocycles. The zero-order valence-corrected chi connectivity index (χ0v) is 15.6. The Morgan fingerprint density at radius 2 is 1.96 bits per heavy atom. The molecule has 7 heteroatoms. The Morgan fingerprint density at radius 3 is 2.74 bits per heavy atom. The Kier molecular flexibility index (Phi) is 5.20. The molecule has 5 nitrogen and oxygen atoms in total. The van der Waals surface area contributed by atoms with E-state index in [-0.39, 0.29) is 11.7 Å². The fourth-order valence-corrected chi connectivity index (χ4v) is 4.29. The van der Waals surface area contributed by atoms with Crippen molar-refractivity contribution >= 4 is 17.2 Å². The monoisotopic (exact) mass is 382 g/mol. The van der Waals surface area contributed by atoms with Gasteiger partial charge in [0, 0.05) is 42.2 Å². The molecule has 1 amide bonds. The van der Waals surface area contributed by atoms with Gasteiger partial charge in [-0.2, -0.15) is 0 Å². The van der Waals surface area contributed by atoms with Crippen molar-refractivity contribution in [2.24, 2.45) is 0 Å². The van der Waals surface area contributed by atoms with Gasteiger partial charge < -0.3 is 4.90 Å². The topological polar surface area (TPSA) is 59.0 Å². The van der Waals surface area contributed by atoms with E-state index in [2.05, 4.69) is 9.97 Å². The minimum absolute atomic E-state index is 0.167. The summed E-state index contributed by atoms with van der Waals surface area (Å²) in [4.78, 5) is 28.4. The Hall–Kier alpha value is -2.67. The van der Waals surface area contributed by atoms with Crippen LogP contribution in [0.4, 0.5) is 4.39 Å². The van der Waals surface area contributed by atoms with E-state index in [9.17, 15) is 9.18 Å². The maximum Gasteiger partial charge on any atom is 0.222 e. The highest BCUT2D eigenvalue weighted by molar-refractivity contribution is 7.15. The Bertz CT molecular complexity index is 927. The van der Waals surface area contributed by atoms with Crippen molar-refractivity contribution in [3.05, 3.63) is 64.9 Å². The molecule has 0 bridgehead atoms. The number of aryl methyl sites for hydroxylation is 1. The van der Waals surface area contributed by atoms with Crippen LogP contribution in [0.2, 0.25) is 0 Å². The van der Waals surface area contributed by atoms with Gasteiger partial charge in [0.2, 0.25) is 5.91 Å². The molecule has 3 aromatic rings. The van der Waals surface area contributed by atoms with Crippen molar-refractivity contribution in [2.75, 3.05) is 6.54 Å². The van der Waals surface area contributed by atoms with Crippen LogP contribution in [-0.2, 0) is 24.2 Å². The Labute approximate surface area is 160 Å². The Balaban J connectivity index is 1.34. The van der Waals surface area contributed by atoms with Gasteiger partial charge in [0.1, 0.15) is 17.2 Å². The van der Waals surface area contributed by atoms with Gasteiger partial charge >= 0.3 is 0 Å². The van der Waals surface area contributed by atoms with Crippen LogP contribution in [0.25, 0.3) is 10.6 Å². The molecule has 1 aliphatic rings. The van der Waals surface area contributed by atoms with E-state index in [4.69, 9.17) is 4.98 Å². The van der Waals surface area contributed by atoms with Crippen LogP contribution in [0, 0.1) is 5.82 Å². The van der Waals surface area contributed by atoms with Gasteiger partial charge in [-0.25, -0.2) is 19.3 Å². The van der Waals surface area contributed by atoms with Gasteiger partial charge in [-0.1, -0.05) is 12.1 Å². The molecule has 0 saturated carbocycles. The number of carbonyl (C=O) groups is 1. The van der Waals surface area contributed by atoms with E-state index in [1.807, 2.05) is 4.90 Å². The van der Waals surface area contributed by atoms with E-state index in [0.29, 0.717) is 19.5 Å². The molecule has 3 heterocycles. The number of rotatable bonds is 5. The molecule has 0 aliphatic carbocycles. The summed E-state index contributed by atoms with van der Waals surface area (Å²) < 4.78 is 12.9. The number of carbonyl (C=O) groups excluding carboxylic acids is 1. The summed E-state index contributed by atoms with van der Waals surface area (Å²) in [6, 6.07) is 6.48. The summed E-state index contributed by atoms with van der Waals surface area (Å²) in [5.41, 5.74) is 3.05. The minimum atomic E-state index is -0.232. The maximum atomic E-state index is 12.9. The maximum absolute atomic E-state index is 12.9. The van der Waals surface area contributed by atoms with Crippen molar-refractivity contribution in [1.82, 2.24) is 19.9 Å². The van der Waals surface area contributed by atoms with Crippen molar-refractivity contribution < 1.29 is 9.18 Å². The van der Waals surface area contributed by atoms with E-state index in [0.717, 1.165) is 46.0 Å². The summed E-state index contributed by atoms with van der Waals surface area (Å²) in [6.07, 6.45) is 7.86. The molecule has 0 fully saturated rings. The third-order valence-corrected chi connectivity index (χ3v) is 5.79. The lowest BCUT2D eigenvalue weighted by Crippen LogP contribution is -2.35. The number of aromatic nitrogens is 3. The predicted octanol–water partition coefficient (Wildman–Crippen LogP) is 3.65. The van der Waals surface area contributed by atoms with E-state index in [1.54, 1.807) is 35.9 Å². The molecule has 138 valence electrons. The van der Waals surface area contributed by atoms with Crippen LogP contribution in [-0.4, -0.2) is 32.3 Å². The number of nitrogens with zero attached hydrogens (tertiary/aromatic N) is 4. The zero-order valence-electron chi connectivity index (χ0n) is 14.8. The number of thiazole rings is 1. The second-order valence-electron chi connectivity index (χ2n) is 6.56. The van der Waals surface area contributed by atoms with Crippen LogP contribution in [0.5, 0.6) is 0 Å². The van der Waals surface area contributed by atoms with Crippen molar-refractivity contribution in [2.45, 2.75) is 32.2 Å². The quantitative estimate of drug-likeness (QED) is 0.676. The van der Waals surface area contributed by atoms with Crippen LogP contribution in [0.1, 0.15) is 29.0 Å². The SMILES string of the molecule is O=C(CCCc1ccc(F)cc1)N1CCc2nc(-c3cncnc3)sc2C1. The summed E-state index contributed by atoms with van der Waals surface area (Å²) in [5.74, 6) is -0.0642. The molecule has 0 unspecified atom stereocenters. The number of hydrogen-bond acceptors (Lipinski definition) is 5. The van der Waals surface area contributed by atoms with Gasteiger partial charge in [-0.05, 0) is 30.5 Å². The van der Waals surface area contributed by atoms with Crippen molar-refractivity contribution in [1.29, 1.82) is 0 Å². The fourth-order valence-electron chi connectivity index (χ4n) is 3.19. The van der Waals surface area contributed by atoms with Crippen LogP contribution in [0.3, 0.4) is 0 Å². The van der Waals surface area contributed by atoms with Gasteiger partial charge in [-0.15, -0.1) is 11.3 Å². The Morgan fingerprint density at radius 1 is 1.19 bits per heavy atom. The first-order valence-corrected chi connectivity index (χ1v) is 9.77. The molecule has 27 heavy (non-hydrogen) atoms. The fraction of sp³-hybridized carbons (Fsp3) is 0.300. The standard InChI is InChI=1S/C20H19FN4OS/c21-16-6-4-14(5-7-16)2-1-3-19(26)25-9-8-17-18(12-25)27-20(24-17)15-10-22-13-23-11-15/h4-7,10-11,13H,1-3,8-9,12H2. The molecule has 1 aliphatic heterocycles. The van der Waals surface area contributed by atoms with Crippen LogP contribution >= 0.6 is 11.3 Å². The minimum Gasteiger partial charge on any atom is -0.337 e. The summed E-state index contributed by atoms with van der Waals surface area (Å²) >= 11 is 1.61. The molecular formula is C20H19FN4OS. The molecule has 0 atom stereocenters. The smallest absolute Gasteiger partial charge is 0.222 e. The first kappa shape index (κ1) is 17.7. The summed E-state index contributed by atoms with van der Waals surface area (Å²) in [5, 5.41) is 0.909. The summed E-state index contributed by atoms with van der Waals surface area (Å²) in [7, 11) is 0. The van der Waals surface area contributed by atoms with E-state index >= 15 is 0 Å². The van der Waals surface area contributed by atoms with Crippen LogP contribution < -0.4 is 0 Å². The zero-order chi connectivity index (χ0) is 18.6. The number of benzene rings is 1. The molecule has 0 N–H and O–H groups in total. The molecule has 0 radical (unpaired) electrons. The second kappa shape index (κ2) is 7.92. The highest BCUT2D eigenvalue weighted by Gasteiger charge is 2.24. The molecule has 4 rings (SSSR count). The molecule has 0 saturated heterocycles. The van der Waals surface area contributed by atoms with E-state index < -0.39 is 0 Å². The van der Waals surface area contributed by atoms with E-state index in [1.165, 1.54) is 18.5 Å². The van der Waals surface area contributed by atoms with Gasteiger partial charge in [0.25, 0.3) is 0 Å². The third kappa shape index (κ3) is 4.19. The van der Waals surface area contributed by atoms with Gasteiger partial charge in [0.05, 0.1) is 12.2 Å². The second-order valence-corrected chi connectivity index (χ2v) is 7.64. The predicted molar refractivity (Wildman–Crippen MR) is 102 cm³/mol. The largest absolute Gasteiger partial charge is 0.337 e. The lowest BCUT2D eigenvalue weighted by atomic mass is 10.1. The van der Waals surface area contributed by atoms with Crippen molar-refractivity contribution in [3.8, 4) is 10.6 Å². The highest BCUT2D eigenvalue weighted by atomic mass is 32.1. The first-order valence-electron chi connectivity index (χ1n) is 8.95. The lowest BCUT2D eigenvalue weighted by Gasteiger charge is -2.26. The van der Waals surface area contributed by atoms with Gasteiger partial charge in [-0.3, -0.25) is 4.79 Å². The normalized spacial score (nSPS) is 13.4. The average Bonchev–Trinajstić information content (AvgIpc) is 3.13. The number of fused-ring (bicyclic) bond motifs is 1.